The van der Waals surface area contributed by atoms with Crippen LogP contribution in [0.1, 0.15) is 17.5 Å². The fourth-order valence-corrected chi connectivity index (χ4v) is 4.82. The second kappa shape index (κ2) is 7.36. The molecule has 2 fully saturated rings. The van der Waals surface area contributed by atoms with E-state index in [4.69, 9.17) is 16.3 Å². The summed E-state index contributed by atoms with van der Waals surface area (Å²) in [7, 11) is 0. The van der Waals surface area contributed by atoms with Crippen LogP contribution in [-0.4, -0.2) is 23.0 Å². The minimum atomic E-state index is -0.303. The van der Waals surface area contributed by atoms with Gasteiger partial charge in [-0.05, 0) is 59.7 Å². The molecule has 152 valence electrons. The zero-order valence-corrected chi connectivity index (χ0v) is 16.6. The Kier molecular flexibility index (Phi) is 4.66. The summed E-state index contributed by atoms with van der Waals surface area (Å²) in [5, 5.41) is 5.54. The van der Waals surface area contributed by atoms with Crippen LogP contribution in [0.4, 0.5) is 4.39 Å². The molecule has 4 atom stereocenters. The van der Waals surface area contributed by atoms with Crippen molar-refractivity contribution < 1.29 is 18.7 Å². The third kappa shape index (κ3) is 3.21. The Morgan fingerprint density at radius 2 is 1.73 bits per heavy atom. The zero-order chi connectivity index (χ0) is 20.8. The summed E-state index contributed by atoms with van der Waals surface area (Å²) < 4.78 is 18.7. The van der Waals surface area contributed by atoms with Gasteiger partial charge in [0.05, 0.1) is 23.1 Å². The second-order valence-corrected chi connectivity index (χ2v) is 8.24. The van der Waals surface area contributed by atoms with Crippen LogP contribution in [-0.2, 0) is 16.2 Å². The topological polar surface area (TPSA) is 59.0 Å². The minimum Gasteiger partial charge on any atom is -0.487 e. The molecule has 5 rings (SSSR count). The summed E-state index contributed by atoms with van der Waals surface area (Å²) >= 11 is 6.30. The molecule has 0 aromatic heterocycles. The third-order valence-corrected chi connectivity index (χ3v) is 6.33. The number of halogens is 2. The van der Waals surface area contributed by atoms with Crippen molar-refractivity contribution in [2.24, 2.45) is 28.8 Å². The van der Waals surface area contributed by atoms with E-state index in [0.717, 1.165) is 17.0 Å². The van der Waals surface area contributed by atoms with E-state index in [1.165, 1.54) is 18.3 Å². The van der Waals surface area contributed by atoms with Crippen molar-refractivity contribution in [3.63, 3.8) is 0 Å². The number of hydrogen-bond donors (Lipinski definition) is 0. The van der Waals surface area contributed by atoms with E-state index in [-0.39, 0.29) is 47.9 Å². The quantitative estimate of drug-likeness (QED) is 0.410. The average molecular weight is 425 g/mol. The van der Waals surface area contributed by atoms with Gasteiger partial charge in [0.1, 0.15) is 18.2 Å². The van der Waals surface area contributed by atoms with Crippen molar-refractivity contribution in [2.75, 3.05) is 0 Å². The first-order chi connectivity index (χ1) is 14.5. The summed E-state index contributed by atoms with van der Waals surface area (Å²) in [5.74, 6) is -0.489. The van der Waals surface area contributed by atoms with Crippen LogP contribution in [0.5, 0.6) is 5.75 Å². The molecule has 1 heterocycles. The predicted molar refractivity (Wildman–Crippen MR) is 109 cm³/mol. The summed E-state index contributed by atoms with van der Waals surface area (Å²) in [6.07, 6.45) is 6.45. The highest BCUT2D eigenvalue weighted by atomic mass is 35.5. The molecule has 1 aliphatic heterocycles. The Labute approximate surface area is 177 Å². The van der Waals surface area contributed by atoms with Gasteiger partial charge in [-0.15, -0.1) is 0 Å². The molecule has 5 nitrogen and oxygen atoms in total. The minimum absolute atomic E-state index is 0.156. The number of ether oxygens (including phenoxy) is 1. The molecular formula is C23H18ClFN2O3. The number of hydrazone groups is 1. The Bertz CT molecular complexity index is 1050. The fraction of sp³-hybridized carbons (Fsp3) is 0.261. The highest BCUT2D eigenvalue weighted by molar-refractivity contribution is 6.32. The normalized spacial score (nSPS) is 26.8. The lowest BCUT2D eigenvalue weighted by Crippen LogP contribution is -2.28. The van der Waals surface area contributed by atoms with Crippen molar-refractivity contribution in [1.82, 2.24) is 5.01 Å². The number of carbonyl (C=O) groups excluding carboxylic acids is 2. The van der Waals surface area contributed by atoms with E-state index in [1.54, 1.807) is 30.3 Å². The van der Waals surface area contributed by atoms with Crippen molar-refractivity contribution in [2.45, 2.75) is 13.0 Å². The van der Waals surface area contributed by atoms with Gasteiger partial charge in [0.25, 0.3) is 11.8 Å². The summed E-state index contributed by atoms with van der Waals surface area (Å²) in [6.45, 7) is 0.253. The van der Waals surface area contributed by atoms with E-state index in [1.807, 2.05) is 0 Å². The van der Waals surface area contributed by atoms with Crippen molar-refractivity contribution in [1.29, 1.82) is 0 Å². The molecule has 7 heteroatoms. The van der Waals surface area contributed by atoms with E-state index < -0.39 is 0 Å². The van der Waals surface area contributed by atoms with E-state index >= 15 is 0 Å². The SMILES string of the molecule is O=C1C2C3C=CC(C3)C2C(=O)N1N=Cc1ccc(OCc2ccc(F)cc2)c(Cl)c1. The van der Waals surface area contributed by atoms with Gasteiger partial charge < -0.3 is 4.74 Å². The maximum absolute atomic E-state index is 13.0. The van der Waals surface area contributed by atoms with Gasteiger partial charge in [-0.3, -0.25) is 9.59 Å². The number of carbonyl (C=O) groups is 2. The molecule has 4 unspecified atom stereocenters. The molecule has 2 aromatic carbocycles. The van der Waals surface area contributed by atoms with Gasteiger partial charge in [0.15, 0.2) is 0 Å². The molecular weight excluding hydrogens is 407 g/mol. The number of hydrogen-bond acceptors (Lipinski definition) is 4. The van der Waals surface area contributed by atoms with Crippen LogP contribution in [0.3, 0.4) is 0 Å². The van der Waals surface area contributed by atoms with E-state index in [0.29, 0.717) is 16.3 Å². The highest BCUT2D eigenvalue weighted by Gasteiger charge is 2.59. The first-order valence-corrected chi connectivity index (χ1v) is 10.2. The lowest BCUT2D eigenvalue weighted by atomic mass is 9.85. The van der Waals surface area contributed by atoms with Crippen molar-refractivity contribution in [3.05, 3.63) is 76.6 Å². The number of benzene rings is 2. The van der Waals surface area contributed by atoms with E-state index in [2.05, 4.69) is 17.3 Å². The molecule has 1 saturated heterocycles. The number of rotatable bonds is 5. The summed E-state index contributed by atoms with van der Waals surface area (Å²) in [6, 6.07) is 11.1. The standard InChI is InChI=1S/C23H18ClFN2O3/c24-18-9-14(3-8-19(18)30-12-13-1-6-17(25)7-2-13)11-26-27-22(28)20-15-4-5-16(10-15)21(20)23(27)29/h1-9,11,15-16,20-21H,10,12H2. The van der Waals surface area contributed by atoms with Gasteiger partial charge in [0.2, 0.25) is 0 Å². The molecule has 2 bridgehead atoms. The molecule has 1 saturated carbocycles. The van der Waals surface area contributed by atoms with Gasteiger partial charge in [-0.2, -0.15) is 10.1 Å². The molecule has 2 aromatic rings. The van der Waals surface area contributed by atoms with Gasteiger partial charge in [-0.25, -0.2) is 4.39 Å². The van der Waals surface area contributed by atoms with Crippen LogP contribution in [0, 0.1) is 29.5 Å². The number of fused-ring (bicyclic) bond motifs is 5. The average Bonchev–Trinajstić information content (AvgIpc) is 3.41. The van der Waals surface area contributed by atoms with Crippen LogP contribution >= 0.6 is 11.6 Å². The lowest BCUT2D eigenvalue weighted by Gasteiger charge is -2.13. The van der Waals surface area contributed by atoms with Crippen LogP contribution < -0.4 is 4.74 Å². The lowest BCUT2D eigenvalue weighted by molar-refractivity contribution is -0.140. The monoisotopic (exact) mass is 424 g/mol. The van der Waals surface area contributed by atoms with Crippen molar-refractivity contribution >= 4 is 29.6 Å². The predicted octanol–water partition coefficient (Wildman–Crippen LogP) is 4.20. The van der Waals surface area contributed by atoms with Crippen LogP contribution in [0.15, 0.2) is 59.7 Å². The van der Waals surface area contributed by atoms with Crippen LogP contribution in [0.25, 0.3) is 0 Å². The smallest absolute Gasteiger partial charge is 0.254 e. The molecule has 2 amide bonds. The molecule has 0 radical (unpaired) electrons. The second-order valence-electron chi connectivity index (χ2n) is 7.84. The number of amides is 2. The van der Waals surface area contributed by atoms with E-state index in [9.17, 15) is 14.0 Å². The van der Waals surface area contributed by atoms with Crippen LogP contribution in [0.2, 0.25) is 5.02 Å². The highest BCUT2D eigenvalue weighted by Crippen LogP contribution is 2.52. The fourth-order valence-electron chi connectivity index (χ4n) is 4.58. The number of allylic oxidation sites excluding steroid dienone is 2. The largest absolute Gasteiger partial charge is 0.487 e. The first-order valence-electron chi connectivity index (χ1n) is 9.78. The Morgan fingerprint density at radius 1 is 1.07 bits per heavy atom. The molecule has 0 spiro atoms. The molecule has 2 aliphatic carbocycles. The van der Waals surface area contributed by atoms with Gasteiger partial charge in [0, 0.05) is 0 Å². The Balaban J connectivity index is 1.26. The Morgan fingerprint density at radius 3 is 2.37 bits per heavy atom. The molecule has 3 aliphatic rings. The summed E-state index contributed by atoms with van der Waals surface area (Å²) in [5.41, 5.74) is 1.46. The first kappa shape index (κ1) is 19.0. The van der Waals surface area contributed by atoms with Gasteiger partial charge >= 0.3 is 0 Å². The maximum Gasteiger partial charge on any atom is 0.254 e. The Hall–Kier alpha value is -2.99. The molecule has 0 N–H and O–H groups in total. The number of imide groups is 1. The van der Waals surface area contributed by atoms with Gasteiger partial charge in [-0.1, -0.05) is 35.9 Å². The van der Waals surface area contributed by atoms with Crippen molar-refractivity contribution in [3.8, 4) is 5.75 Å². The third-order valence-electron chi connectivity index (χ3n) is 6.03. The summed E-state index contributed by atoms with van der Waals surface area (Å²) in [4.78, 5) is 25.3. The number of nitrogens with zero attached hydrogens (tertiary/aromatic N) is 2. The molecule has 30 heavy (non-hydrogen) atoms. The zero-order valence-electron chi connectivity index (χ0n) is 15.9. The maximum atomic E-state index is 13.0.